The van der Waals surface area contributed by atoms with Crippen LogP contribution in [0.3, 0.4) is 0 Å². The average molecular weight is 417 g/mol. The lowest BCUT2D eigenvalue weighted by Gasteiger charge is -2.54. The summed E-state index contributed by atoms with van der Waals surface area (Å²) in [6, 6.07) is 6.58. The molecule has 0 spiro atoms. The Bertz CT molecular complexity index is 627. The highest BCUT2D eigenvalue weighted by Crippen LogP contribution is 2.36. The average Bonchev–Trinajstić information content (AvgIpc) is 2.56. The first-order valence-electron chi connectivity index (χ1n) is 11.3. The Kier molecular flexibility index (Phi) is 8.99. The normalized spacial score (nSPS) is 13.6. The molecule has 1 aromatic rings. The van der Waals surface area contributed by atoms with Gasteiger partial charge in [0.2, 0.25) is 0 Å². The predicted octanol–water partition coefficient (Wildman–Crippen LogP) is 4.84. The van der Waals surface area contributed by atoms with Crippen molar-refractivity contribution in [2.75, 3.05) is 33.1 Å². The van der Waals surface area contributed by atoms with E-state index < -0.39 is 0 Å². The monoisotopic (exact) mass is 417 g/mol. The second kappa shape index (κ2) is 10.0. The van der Waals surface area contributed by atoms with Gasteiger partial charge in [-0.1, -0.05) is 6.07 Å². The van der Waals surface area contributed by atoms with Gasteiger partial charge in [0.05, 0.1) is 0 Å². The van der Waals surface area contributed by atoms with Crippen LogP contribution in [0.15, 0.2) is 24.4 Å². The van der Waals surface area contributed by atoms with E-state index in [1.807, 2.05) is 12.3 Å². The topological polar surface area (TPSA) is 25.9 Å². The molecule has 0 amide bonds. The molecule has 0 aliphatic carbocycles. The molecule has 5 nitrogen and oxygen atoms in total. The molecule has 0 aliphatic heterocycles. The minimum atomic E-state index is -0.00489. The smallest absolute Gasteiger partial charge is 0.349 e. The summed E-state index contributed by atoms with van der Waals surface area (Å²) in [7, 11) is 8.91. The molecule has 0 fully saturated rings. The van der Waals surface area contributed by atoms with Crippen LogP contribution in [0.5, 0.6) is 0 Å². The van der Waals surface area contributed by atoms with E-state index in [0.29, 0.717) is 6.04 Å². The molecule has 172 valence electrons. The predicted molar refractivity (Wildman–Crippen MR) is 134 cm³/mol. The van der Waals surface area contributed by atoms with E-state index in [-0.39, 0.29) is 23.7 Å². The fraction of sp³-hybridized carbons (Fsp3) is 0.792. The van der Waals surface area contributed by atoms with Crippen molar-refractivity contribution in [1.82, 2.24) is 19.4 Å². The van der Waals surface area contributed by atoms with Crippen LogP contribution < -0.4 is 4.90 Å². The van der Waals surface area contributed by atoms with E-state index in [2.05, 4.69) is 127 Å². The van der Waals surface area contributed by atoms with Gasteiger partial charge in [0.25, 0.3) is 0 Å². The van der Waals surface area contributed by atoms with Crippen molar-refractivity contribution in [3.63, 3.8) is 0 Å². The van der Waals surface area contributed by atoms with E-state index in [9.17, 15) is 0 Å². The lowest BCUT2D eigenvalue weighted by molar-refractivity contribution is 0.0806. The number of rotatable bonds is 10. The van der Waals surface area contributed by atoms with E-state index >= 15 is 0 Å². The second-order valence-electron chi connectivity index (χ2n) is 11.6. The molecule has 0 aromatic carbocycles. The van der Waals surface area contributed by atoms with Gasteiger partial charge < -0.3 is 19.3 Å². The SMILES string of the molecule is CC(C)N(c1ccccn1)C(C)(C)CCC(C)(C)N(B(N(C)C)N(C)C)C(C)(C)C. The molecule has 6 heteroatoms. The zero-order valence-corrected chi connectivity index (χ0v) is 22.1. The molecule has 1 heterocycles. The molecule has 0 N–H and O–H groups in total. The lowest BCUT2D eigenvalue weighted by atomic mass is 9.72. The van der Waals surface area contributed by atoms with Crippen LogP contribution in [0.25, 0.3) is 0 Å². The van der Waals surface area contributed by atoms with Crippen molar-refractivity contribution < 1.29 is 0 Å². The zero-order chi connectivity index (χ0) is 23.5. The Labute approximate surface area is 188 Å². The number of hydrogen-bond acceptors (Lipinski definition) is 5. The zero-order valence-electron chi connectivity index (χ0n) is 22.1. The van der Waals surface area contributed by atoms with Gasteiger partial charge >= 0.3 is 7.12 Å². The molecule has 30 heavy (non-hydrogen) atoms. The quantitative estimate of drug-likeness (QED) is 0.508. The summed E-state index contributed by atoms with van der Waals surface area (Å²) >= 11 is 0. The van der Waals surface area contributed by atoms with Crippen LogP contribution in [0.1, 0.15) is 75.2 Å². The van der Waals surface area contributed by atoms with Crippen molar-refractivity contribution in [3.05, 3.63) is 24.4 Å². The van der Waals surface area contributed by atoms with Crippen LogP contribution in [-0.2, 0) is 0 Å². The Hall–Kier alpha value is -1.11. The first-order chi connectivity index (χ1) is 13.5. The number of aromatic nitrogens is 1. The van der Waals surface area contributed by atoms with Crippen LogP contribution in [0.4, 0.5) is 5.82 Å². The highest BCUT2D eigenvalue weighted by Gasteiger charge is 2.45. The molecule has 0 radical (unpaired) electrons. The molecule has 1 rings (SSSR count). The summed E-state index contributed by atoms with van der Waals surface area (Å²) in [4.78, 5) is 14.4. The third-order valence-corrected chi connectivity index (χ3v) is 5.94. The Morgan fingerprint density at radius 2 is 1.33 bits per heavy atom. The maximum absolute atomic E-state index is 4.66. The maximum atomic E-state index is 4.66. The minimum absolute atomic E-state index is 0.00489. The van der Waals surface area contributed by atoms with Crippen LogP contribution >= 0.6 is 0 Å². The van der Waals surface area contributed by atoms with Gasteiger partial charge in [-0.15, -0.1) is 0 Å². The fourth-order valence-corrected chi connectivity index (χ4v) is 5.11. The van der Waals surface area contributed by atoms with Gasteiger partial charge in [-0.05, 0) is 115 Å². The van der Waals surface area contributed by atoms with Gasteiger partial charge in [-0.3, -0.25) is 0 Å². The van der Waals surface area contributed by atoms with Crippen LogP contribution in [-0.4, -0.2) is 77.4 Å². The molecular weight excluding hydrogens is 369 g/mol. The standard InChI is InChI=1S/C24H48BN5/c1-20(2)29(21-16-14-15-19-26-21)23(6,7)17-18-24(8,9)30(22(3,4)5)25(27(10)11)28(12)13/h14-16,19-20H,17-18H2,1-13H3. The summed E-state index contributed by atoms with van der Waals surface area (Å²) in [5, 5.41) is 0. The first-order valence-corrected chi connectivity index (χ1v) is 11.3. The molecular formula is C24H48BN5. The van der Waals surface area contributed by atoms with E-state index in [0.717, 1.165) is 18.7 Å². The molecule has 1 aromatic heterocycles. The van der Waals surface area contributed by atoms with Gasteiger partial charge in [-0.25, -0.2) is 4.98 Å². The van der Waals surface area contributed by atoms with Gasteiger partial charge in [0.15, 0.2) is 0 Å². The van der Waals surface area contributed by atoms with Gasteiger partial charge in [-0.2, -0.15) is 0 Å². The molecule has 0 bridgehead atoms. The summed E-state index contributed by atoms with van der Waals surface area (Å²) < 4.78 is 0. The van der Waals surface area contributed by atoms with Crippen molar-refractivity contribution in [3.8, 4) is 0 Å². The van der Waals surface area contributed by atoms with Gasteiger partial charge in [0, 0.05) is 28.9 Å². The third-order valence-electron chi connectivity index (χ3n) is 5.94. The minimum Gasteiger partial charge on any atom is -0.349 e. The highest BCUT2D eigenvalue weighted by atomic mass is 15.4. The molecule has 0 aliphatic rings. The van der Waals surface area contributed by atoms with E-state index in [1.54, 1.807) is 0 Å². The van der Waals surface area contributed by atoms with E-state index in [1.165, 1.54) is 0 Å². The number of pyridine rings is 1. The lowest BCUT2D eigenvalue weighted by Crippen LogP contribution is -2.70. The fourth-order valence-electron chi connectivity index (χ4n) is 5.11. The first kappa shape index (κ1) is 26.9. The summed E-state index contributed by atoms with van der Waals surface area (Å²) in [6.07, 6.45) is 4.06. The van der Waals surface area contributed by atoms with Crippen molar-refractivity contribution >= 4 is 12.9 Å². The Morgan fingerprint density at radius 3 is 1.70 bits per heavy atom. The summed E-state index contributed by atoms with van der Waals surface area (Å²) in [5.74, 6) is 1.06. The molecule has 0 saturated carbocycles. The Morgan fingerprint density at radius 1 is 0.833 bits per heavy atom. The number of hydrogen-bond donors (Lipinski definition) is 0. The van der Waals surface area contributed by atoms with Gasteiger partial charge in [0.1, 0.15) is 5.82 Å². The Balaban J connectivity index is 3.20. The van der Waals surface area contributed by atoms with Crippen molar-refractivity contribution in [1.29, 1.82) is 0 Å². The molecule has 0 atom stereocenters. The summed E-state index contributed by atoms with van der Waals surface area (Å²) in [5.41, 5.74) is 0.0438. The maximum Gasteiger partial charge on any atom is 0.403 e. The van der Waals surface area contributed by atoms with Crippen LogP contribution in [0, 0.1) is 0 Å². The molecule has 0 unspecified atom stereocenters. The number of nitrogens with zero attached hydrogens (tertiary/aromatic N) is 5. The van der Waals surface area contributed by atoms with Crippen molar-refractivity contribution in [2.45, 2.75) is 97.8 Å². The second-order valence-corrected chi connectivity index (χ2v) is 11.6. The largest absolute Gasteiger partial charge is 0.403 e. The highest BCUT2D eigenvalue weighted by molar-refractivity contribution is 6.49. The van der Waals surface area contributed by atoms with Crippen LogP contribution in [0.2, 0.25) is 0 Å². The third kappa shape index (κ3) is 6.70. The molecule has 0 saturated heterocycles. The number of anilines is 1. The summed E-state index contributed by atoms with van der Waals surface area (Å²) in [6.45, 7) is 21.0. The van der Waals surface area contributed by atoms with Crippen molar-refractivity contribution in [2.24, 2.45) is 0 Å². The van der Waals surface area contributed by atoms with E-state index in [4.69, 9.17) is 0 Å².